The normalized spacial score (nSPS) is 19.1. The molecule has 3 rings (SSSR count). The number of rotatable bonds is 4. The largest absolute Gasteiger partial charge is 0.481 e. The number of aryl methyl sites for hydroxylation is 1. The summed E-state index contributed by atoms with van der Waals surface area (Å²) in [5.74, 6) is 0.0587. The fourth-order valence-corrected chi connectivity index (χ4v) is 2.99. The zero-order valence-corrected chi connectivity index (χ0v) is 11.9. The lowest BCUT2D eigenvalue weighted by atomic mass is 9.97. The Hall–Kier alpha value is -2.18. The Morgan fingerprint density at radius 3 is 3.14 bits per heavy atom. The summed E-state index contributed by atoms with van der Waals surface area (Å²) in [6.45, 7) is 2.75. The molecule has 0 bridgehead atoms. The third kappa shape index (κ3) is 2.68. The van der Waals surface area contributed by atoms with Gasteiger partial charge in [0.25, 0.3) is 5.71 Å². The van der Waals surface area contributed by atoms with Gasteiger partial charge in [0.1, 0.15) is 17.5 Å². The van der Waals surface area contributed by atoms with Gasteiger partial charge in [-0.05, 0) is 32.6 Å². The van der Waals surface area contributed by atoms with Crippen molar-refractivity contribution < 1.29 is 14.4 Å². The second kappa shape index (κ2) is 5.67. The number of anilines is 1. The smallest absolute Gasteiger partial charge is 0.303 e. The maximum absolute atomic E-state index is 10.8. The quantitative estimate of drug-likeness (QED) is 0.922. The molecule has 1 N–H and O–H groups in total. The predicted octanol–water partition coefficient (Wildman–Crippen LogP) is 2.15. The van der Waals surface area contributed by atoms with Crippen LogP contribution in [0.1, 0.15) is 37.8 Å². The van der Waals surface area contributed by atoms with Gasteiger partial charge in [-0.2, -0.15) is 4.98 Å². The average molecular weight is 290 g/mol. The van der Waals surface area contributed by atoms with Crippen molar-refractivity contribution in [3.63, 3.8) is 0 Å². The Morgan fingerprint density at radius 2 is 2.33 bits per heavy atom. The van der Waals surface area contributed by atoms with E-state index in [2.05, 4.69) is 20.0 Å². The molecule has 1 fully saturated rings. The second-order valence-corrected chi connectivity index (χ2v) is 5.42. The molecule has 2 aromatic rings. The number of carboxylic acid groups (broad SMARTS) is 1. The first kappa shape index (κ1) is 13.8. The van der Waals surface area contributed by atoms with Crippen LogP contribution in [0.15, 0.2) is 10.9 Å². The lowest BCUT2D eigenvalue weighted by molar-refractivity contribution is -0.137. The first-order chi connectivity index (χ1) is 10.2. The molecule has 7 heteroatoms. The van der Waals surface area contributed by atoms with Gasteiger partial charge in [0, 0.05) is 19.0 Å². The van der Waals surface area contributed by atoms with Crippen molar-refractivity contribution in [1.82, 2.24) is 15.1 Å². The molecule has 1 aliphatic heterocycles. The monoisotopic (exact) mass is 290 g/mol. The fraction of sp³-hybridized carbons (Fsp3) is 0.571. The van der Waals surface area contributed by atoms with Gasteiger partial charge in [0.15, 0.2) is 0 Å². The number of nitrogens with zero attached hydrogens (tertiary/aromatic N) is 4. The first-order valence-electron chi connectivity index (χ1n) is 7.22. The average Bonchev–Trinajstić information content (AvgIpc) is 2.87. The molecule has 112 valence electrons. The van der Waals surface area contributed by atoms with Crippen LogP contribution >= 0.6 is 0 Å². The number of piperidine rings is 1. The van der Waals surface area contributed by atoms with Crippen LogP contribution < -0.4 is 4.90 Å². The molecule has 21 heavy (non-hydrogen) atoms. The van der Waals surface area contributed by atoms with Crippen LogP contribution in [0, 0.1) is 6.92 Å². The van der Waals surface area contributed by atoms with Gasteiger partial charge >= 0.3 is 5.97 Å². The molecule has 3 heterocycles. The van der Waals surface area contributed by atoms with Crippen LogP contribution in [0.4, 0.5) is 5.82 Å². The Kier molecular flexibility index (Phi) is 3.72. The second-order valence-electron chi connectivity index (χ2n) is 5.42. The minimum atomic E-state index is -0.755. The highest BCUT2D eigenvalue weighted by Crippen LogP contribution is 2.32. The van der Waals surface area contributed by atoms with Crippen molar-refractivity contribution in [3.8, 4) is 0 Å². The molecule has 1 aliphatic rings. The molecule has 7 nitrogen and oxygen atoms in total. The number of aromatic nitrogens is 3. The number of carbonyl (C=O) groups is 1. The van der Waals surface area contributed by atoms with Crippen LogP contribution in [-0.4, -0.2) is 38.8 Å². The van der Waals surface area contributed by atoms with Gasteiger partial charge in [-0.15, -0.1) is 0 Å². The fourth-order valence-electron chi connectivity index (χ4n) is 2.99. The van der Waals surface area contributed by atoms with Gasteiger partial charge in [0.2, 0.25) is 0 Å². The zero-order valence-electron chi connectivity index (χ0n) is 11.9. The standard InChI is InChI=1S/C14H18N4O3/c1-9-12-13(15-8-16-14(12)21-17-9)18-7-3-2-4-10(18)5-6-11(19)20/h8,10H,2-7H2,1H3,(H,19,20). The Balaban J connectivity index is 1.94. The number of fused-ring (bicyclic) bond motifs is 1. The highest BCUT2D eigenvalue weighted by atomic mass is 16.5. The summed E-state index contributed by atoms with van der Waals surface area (Å²) < 4.78 is 5.19. The van der Waals surface area contributed by atoms with E-state index in [1.165, 1.54) is 6.33 Å². The highest BCUT2D eigenvalue weighted by molar-refractivity contribution is 5.88. The van der Waals surface area contributed by atoms with Crippen molar-refractivity contribution in [3.05, 3.63) is 12.0 Å². The minimum absolute atomic E-state index is 0.179. The summed E-state index contributed by atoms with van der Waals surface area (Å²) in [5.41, 5.74) is 1.25. The van der Waals surface area contributed by atoms with Crippen LogP contribution in [-0.2, 0) is 4.79 Å². The van der Waals surface area contributed by atoms with E-state index < -0.39 is 5.97 Å². The van der Waals surface area contributed by atoms with Gasteiger partial charge in [0.05, 0.1) is 5.69 Å². The summed E-state index contributed by atoms with van der Waals surface area (Å²) in [5, 5.41) is 13.7. The van der Waals surface area contributed by atoms with Gasteiger partial charge < -0.3 is 14.5 Å². The lowest BCUT2D eigenvalue weighted by Crippen LogP contribution is -2.40. The zero-order chi connectivity index (χ0) is 14.8. The third-order valence-electron chi connectivity index (χ3n) is 4.01. The number of carboxylic acids is 1. The molecule has 0 spiro atoms. The molecule has 1 atom stereocenters. The van der Waals surface area contributed by atoms with Crippen LogP contribution in [0.2, 0.25) is 0 Å². The molecule has 0 saturated carbocycles. The Bertz CT molecular complexity index is 655. The van der Waals surface area contributed by atoms with E-state index in [-0.39, 0.29) is 12.5 Å². The molecular formula is C14H18N4O3. The SMILES string of the molecule is Cc1noc2ncnc(N3CCCCC3CCC(=O)O)c12. The molecule has 2 aromatic heterocycles. The van der Waals surface area contributed by atoms with E-state index in [0.29, 0.717) is 12.1 Å². The van der Waals surface area contributed by atoms with Crippen LogP contribution in [0.25, 0.3) is 11.1 Å². The molecule has 0 aliphatic carbocycles. The van der Waals surface area contributed by atoms with Gasteiger partial charge in [-0.3, -0.25) is 4.79 Å². The van der Waals surface area contributed by atoms with Crippen molar-refractivity contribution in [2.45, 2.75) is 45.1 Å². The molecular weight excluding hydrogens is 272 g/mol. The maximum atomic E-state index is 10.8. The van der Waals surface area contributed by atoms with E-state index in [0.717, 1.165) is 42.7 Å². The Labute approximate surface area is 122 Å². The van der Waals surface area contributed by atoms with Crippen LogP contribution in [0.5, 0.6) is 0 Å². The summed E-state index contributed by atoms with van der Waals surface area (Å²) in [6.07, 6.45) is 5.48. The predicted molar refractivity (Wildman–Crippen MR) is 76.2 cm³/mol. The van der Waals surface area contributed by atoms with E-state index in [4.69, 9.17) is 9.63 Å². The Morgan fingerprint density at radius 1 is 1.48 bits per heavy atom. The lowest BCUT2D eigenvalue weighted by Gasteiger charge is -2.36. The van der Waals surface area contributed by atoms with Crippen molar-refractivity contribution >= 4 is 22.9 Å². The van der Waals surface area contributed by atoms with E-state index in [1.807, 2.05) is 6.92 Å². The molecule has 0 radical (unpaired) electrons. The topological polar surface area (TPSA) is 92.4 Å². The van der Waals surface area contributed by atoms with Crippen molar-refractivity contribution in [2.75, 3.05) is 11.4 Å². The van der Waals surface area contributed by atoms with Crippen LogP contribution in [0.3, 0.4) is 0 Å². The van der Waals surface area contributed by atoms with Gasteiger partial charge in [-0.1, -0.05) is 5.16 Å². The van der Waals surface area contributed by atoms with Crippen molar-refractivity contribution in [2.24, 2.45) is 0 Å². The summed E-state index contributed by atoms with van der Waals surface area (Å²) in [4.78, 5) is 21.5. The van der Waals surface area contributed by atoms with E-state index in [9.17, 15) is 4.79 Å². The number of aliphatic carboxylic acids is 1. The first-order valence-corrected chi connectivity index (χ1v) is 7.22. The number of hydrogen-bond acceptors (Lipinski definition) is 6. The molecule has 1 unspecified atom stereocenters. The summed E-state index contributed by atoms with van der Waals surface area (Å²) in [6, 6.07) is 0.197. The summed E-state index contributed by atoms with van der Waals surface area (Å²) >= 11 is 0. The maximum Gasteiger partial charge on any atom is 0.303 e. The molecule has 0 amide bonds. The highest BCUT2D eigenvalue weighted by Gasteiger charge is 2.27. The van der Waals surface area contributed by atoms with E-state index in [1.54, 1.807) is 0 Å². The van der Waals surface area contributed by atoms with Crippen molar-refractivity contribution in [1.29, 1.82) is 0 Å². The summed E-state index contributed by atoms with van der Waals surface area (Å²) in [7, 11) is 0. The molecule has 0 aromatic carbocycles. The van der Waals surface area contributed by atoms with Gasteiger partial charge in [-0.25, -0.2) is 4.98 Å². The minimum Gasteiger partial charge on any atom is -0.481 e. The van der Waals surface area contributed by atoms with E-state index >= 15 is 0 Å². The third-order valence-corrected chi connectivity index (χ3v) is 4.01. The number of hydrogen-bond donors (Lipinski definition) is 1. The molecule has 1 saturated heterocycles.